The van der Waals surface area contributed by atoms with Crippen LogP contribution in [0.3, 0.4) is 0 Å². The lowest BCUT2D eigenvalue weighted by Gasteiger charge is -2.22. The summed E-state index contributed by atoms with van der Waals surface area (Å²) in [6.07, 6.45) is 0. The Morgan fingerprint density at radius 2 is 2.08 bits per heavy atom. The van der Waals surface area contributed by atoms with Crippen molar-refractivity contribution in [1.29, 1.82) is 0 Å². The zero-order valence-electron chi connectivity index (χ0n) is 7.52. The number of anilines is 1. The van der Waals surface area contributed by atoms with Gasteiger partial charge in [0.25, 0.3) is 6.57 Å². The molecule has 5 heteroatoms. The molecule has 1 atom stereocenters. The average molecular weight is 214 g/mol. The van der Waals surface area contributed by atoms with E-state index in [4.69, 9.17) is 16.3 Å². The third kappa shape index (κ3) is 1.46. The molecule has 1 aliphatic rings. The molecule has 0 amide bonds. The molecule has 3 nitrogen and oxygen atoms in total. The first-order valence-corrected chi connectivity index (χ1v) is 6.64. The van der Waals surface area contributed by atoms with Crippen LogP contribution in [0.1, 0.15) is 0 Å². The molecule has 0 spiro atoms. The standard InChI is InChI=1S/C8H11N2OPS/c1-10(2)12(13)9-7-5-3-4-6-8(7)11-12/h3-6H,1-2H3,(H,9,13). The molecule has 13 heavy (non-hydrogen) atoms. The minimum absolute atomic E-state index is 0.861. The Morgan fingerprint density at radius 1 is 1.38 bits per heavy atom. The normalized spacial score (nSPS) is 25.2. The number of nitrogens with zero attached hydrogens (tertiary/aromatic N) is 1. The second-order valence-electron chi connectivity index (χ2n) is 3.07. The zero-order chi connectivity index (χ0) is 9.47. The van der Waals surface area contributed by atoms with Gasteiger partial charge in [0.1, 0.15) is 0 Å². The van der Waals surface area contributed by atoms with Gasteiger partial charge in [0.05, 0.1) is 5.69 Å². The molecule has 1 heterocycles. The maximum atomic E-state index is 5.70. The van der Waals surface area contributed by atoms with Crippen LogP contribution in [0.15, 0.2) is 24.3 Å². The predicted molar refractivity (Wildman–Crippen MR) is 58.7 cm³/mol. The fourth-order valence-electron chi connectivity index (χ4n) is 1.13. The van der Waals surface area contributed by atoms with Crippen LogP contribution in [-0.4, -0.2) is 18.8 Å². The Morgan fingerprint density at radius 3 is 2.69 bits per heavy atom. The van der Waals surface area contributed by atoms with Gasteiger partial charge in [-0.05, 0) is 38.0 Å². The molecular formula is C8H11N2OPS. The summed E-state index contributed by atoms with van der Waals surface area (Å²) in [4.78, 5) is 0. The number of hydrogen-bond acceptors (Lipinski definition) is 2. The smallest absolute Gasteiger partial charge is 0.276 e. The van der Waals surface area contributed by atoms with Gasteiger partial charge >= 0.3 is 0 Å². The van der Waals surface area contributed by atoms with E-state index in [1.54, 1.807) is 0 Å². The fourth-order valence-corrected chi connectivity index (χ4v) is 2.99. The van der Waals surface area contributed by atoms with Crippen LogP contribution in [0.5, 0.6) is 5.75 Å². The highest BCUT2D eigenvalue weighted by Crippen LogP contribution is 2.57. The van der Waals surface area contributed by atoms with Crippen LogP contribution in [0.25, 0.3) is 0 Å². The maximum Gasteiger partial charge on any atom is 0.276 e. The highest BCUT2D eigenvalue weighted by molar-refractivity contribution is 8.12. The van der Waals surface area contributed by atoms with E-state index in [1.807, 2.05) is 43.0 Å². The molecule has 1 aromatic rings. The molecule has 70 valence electrons. The number of nitrogens with one attached hydrogen (secondary N) is 1. The highest BCUT2D eigenvalue weighted by atomic mass is 32.5. The molecule has 0 radical (unpaired) electrons. The largest absolute Gasteiger partial charge is 0.435 e. The fraction of sp³-hybridized carbons (Fsp3) is 0.250. The van der Waals surface area contributed by atoms with Crippen molar-refractivity contribution >= 4 is 24.1 Å². The molecule has 0 aliphatic carbocycles. The van der Waals surface area contributed by atoms with E-state index in [2.05, 4.69) is 5.09 Å². The maximum absolute atomic E-state index is 5.70. The SMILES string of the molecule is CN(C)P1(=S)Nc2ccccc2O1. The molecule has 1 aromatic carbocycles. The van der Waals surface area contributed by atoms with E-state index in [0.717, 1.165) is 11.4 Å². The summed E-state index contributed by atoms with van der Waals surface area (Å²) >= 11 is 5.40. The molecule has 2 rings (SSSR count). The highest BCUT2D eigenvalue weighted by Gasteiger charge is 2.30. The Labute approximate surface area is 82.9 Å². The van der Waals surface area contributed by atoms with Crippen molar-refractivity contribution in [3.8, 4) is 5.75 Å². The summed E-state index contributed by atoms with van der Waals surface area (Å²) in [5.41, 5.74) is 1.000. The van der Waals surface area contributed by atoms with Gasteiger partial charge < -0.3 is 9.61 Å². The van der Waals surface area contributed by atoms with Crippen molar-refractivity contribution in [3.63, 3.8) is 0 Å². The Balaban J connectivity index is 2.37. The van der Waals surface area contributed by atoms with Gasteiger partial charge in [0, 0.05) is 0 Å². The van der Waals surface area contributed by atoms with Crippen LogP contribution in [0.4, 0.5) is 5.69 Å². The van der Waals surface area contributed by atoms with Crippen LogP contribution < -0.4 is 9.61 Å². The van der Waals surface area contributed by atoms with Gasteiger partial charge in [-0.2, -0.15) is 0 Å². The van der Waals surface area contributed by atoms with E-state index in [1.165, 1.54) is 0 Å². The number of fused-ring (bicyclic) bond motifs is 1. The molecule has 1 unspecified atom stereocenters. The molecule has 0 bridgehead atoms. The summed E-state index contributed by atoms with van der Waals surface area (Å²) in [5.74, 6) is 0.861. The molecule has 1 N–H and O–H groups in total. The summed E-state index contributed by atoms with van der Waals surface area (Å²) in [6.45, 7) is -2.01. The van der Waals surface area contributed by atoms with Crippen molar-refractivity contribution in [3.05, 3.63) is 24.3 Å². The summed E-state index contributed by atoms with van der Waals surface area (Å²) < 4.78 is 7.63. The second-order valence-corrected chi connectivity index (χ2v) is 6.80. The van der Waals surface area contributed by atoms with Crippen molar-refractivity contribution in [1.82, 2.24) is 4.67 Å². The van der Waals surface area contributed by atoms with Crippen molar-refractivity contribution in [2.24, 2.45) is 0 Å². The predicted octanol–water partition coefficient (Wildman–Crippen LogP) is 2.28. The second kappa shape index (κ2) is 2.98. The molecule has 0 aromatic heterocycles. The molecule has 0 saturated carbocycles. The van der Waals surface area contributed by atoms with Gasteiger partial charge in [-0.3, -0.25) is 0 Å². The molecule has 0 saturated heterocycles. The van der Waals surface area contributed by atoms with Crippen molar-refractivity contribution < 1.29 is 4.52 Å². The van der Waals surface area contributed by atoms with E-state index >= 15 is 0 Å². The Hall–Kier alpha value is -0.570. The number of rotatable bonds is 1. The number of para-hydroxylation sites is 2. The van der Waals surface area contributed by atoms with Gasteiger partial charge in [-0.25, -0.2) is 4.67 Å². The number of hydrogen-bond donors (Lipinski definition) is 1. The first-order valence-electron chi connectivity index (χ1n) is 3.96. The molecule has 0 fully saturated rings. The lowest BCUT2D eigenvalue weighted by Crippen LogP contribution is -2.14. The quantitative estimate of drug-likeness (QED) is 0.725. The van der Waals surface area contributed by atoms with Crippen LogP contribution in [-0.2, 0) is 11.8 Å². The van der Waals surface area contributed by atoms with Crippen molar-refractivity contribution in [2.75, 3.05) is 19.2 Å². The van der Waals surface area contributed by atoms with Gasteiger partial charge in [0.2, 0.25) is 0 Å². The topological polar surface area (TPSA) is 24.5 Å². The zero-order valence-corrected chi connectivity index (χ0v) is 9.23. The summed E-state index contributed by atoms with van der Waals surface area (Å²) in [6, 6.07) is 7.82. The minimum Gasteiger partial charge on any atom is -0.435 e. The molecular weight excluding hydrogens is 203 g/mol. The third-order valence-corrected chi connectivity index (χ3v) is 5.40. The van der Waals surface area contributed by atoms with Crippen LogP contribution in [0.2, 0.25) is 0 Å². The van der Waals surface area contributed by atoms with E-state index < -0.39 is 6.57 Å². The lowest BCUT2D eigenvalue weighted by atomic mass is 10.3. The van der Waals surface area contributed by atoms with Crippen molar-refractivity contribution in [2.45, 2.75) is 0 Å². The monoisotopic (exact) mass is 214 g/mol. The first kappa shape index (κ1) is 9.00. The Bertz CT molecular complexity index is 351. The number of benzene rings is 1. The average Bonchev–Trinajstić information content (AvgIpc) is 2.42. The van der Waals surface area contributed by atoms with Gasteiger partial charge in [-0.1, -0.05) is 12.1 Å². The third-order valence-electron chi connectivity index (χ3n) is 1.90. The van der Waals surface area contributed by atoms with E-state index in [9.17, 15) is 0 Å². The summed E-state index contributed by atoms with van der Waals surface area (Å²) in [5, 5.41) is 3.24. The van der Waals surface area contributed by atoms with Gasteiger partial charge in [0.15, 0.2) is 5.75 Å². The Kier molecular flexibility index (Phi) is 2.06. The van der Waals surface area contributed by atoms with E-state index in [0.29, 0.717) is 0 Å². The first-order chi connectivity index (χ1) is 6.12. The minimum atomic E-state index is -2.01. The van der Waals surface area contributed by atoms with Crippen LogP contribution >= 0.6 is 6.57 Å². The van der Waals surface area contributed by atoms with Crippen LogP contribution in [0, 0.1) is 0 Å². The lowest BCUT2D eigenvalue weighted by molar-refractivity contribution is 0.545. The van der Waals surface area contributed by atoms with Gasteiger partial charge in [-0.15, -0.1) is 0 Å². The summed E-state index contributed by atoms with van der Waals surface area (Å²) in [7, 11) is 3.86. The molecule has 1 aliphatic heterocycles. The van der Waals surface area contributed by atoms with E-state index in [-0.39, 0.29) is 0 Å².